The molecule has 1 saturated carbocycles. The Kier molecular flexibility index (Phi) is 5.66. The number of hydrogen-bond acceptors (Lipinski definition) is 8. The van der Waals surface area contributed by atoms with E-state index in [0.717, 1.165) is 15.0 Å². The van der Waals surface area contributed by atoms with Crippen LogP contribution in [0.15, 0.2) is 48.7 Å². The molecular formula is C23H17IN8O2. The SMILES string of the molecule is N#Cc1c(I)cccc1-c1cc(-c2cn(Cc3cccc(C4CC4C(=O)O)n3)nn2)nc(N)n1. The van der Waals surface area contributed by atoms with Gasteiger partial charge in [0.15, 0.2) is 0 Å². The summed E-state index contributed by atoms with van der Waals surface area (Å²) in [6, 6.07) is 15.1. The van der Waals surface area contributed by atoms with Crippen LogP contribution in [0.3, 0.4) is 0 Å². The van der Waals surface area contributed by atoms with E-state index in [0.29, 0.717) is 41.2 Å². The molecule has 5 rings (SSSR count). The summed E-state index contributed by atoms with van der Waals surface area (Å²) < 4.78 is 2.45. The predicted octanol–water partition coefficient (Wildman–Crippen LogP) is 3.09. The zero-order valence-corrected chi connectivity index (χ0v) is 19.8. The minimum atomic E-state index is -0.784. The molecule has 2 unspecified atom stereocenters. The van der Waals surface area contributed by atoms with Crippen LogP contribution in [0.2, 0.25) is 0 Å². The second kappa shape index (κ2) is 8.79. The number of nitrogens with zero attached hydrogens (tertiary/aromatic N) is 7. The molecule has 11 heteroatoms. The highest BCUT2D eigenvalue weighted by Gasteiger charge is 2.45. The lowest BCUT2D eigenvalue weighted by atomic mass is 10.0. The number of anilines is 1. The molecule has 1 aromatic carbocycles. The monoisotopic (exact) mass is 564 g/mol. The fourth-order valence-electron chi connectivity index (χ4n) is 3.83. The molecule has 2 atom stereocenters. The number of nitriles is 1. The molecule has 0 spiro atoms. The van der Waals surface area contributed by atoms with Gasteiger partial charge in [0.1, 0.15) is 11.8 Å². The normalized spacial score (nSPS) is 16.7. The molecule has 34 heavy (non-hydrogen) atoms. The van der Waals surface area contributed by atoms with E-state index >= 15 is 0 Å². The van der Waals surface area contributed by atoms with Gasteiger partial charge in [-0.2, -0.15) is 5.26 Å². The maximum Gasteiger partial charge on any atom is 0.307 e. The van der Waals surface area contributed by atoms with Crippen molar-refractivity contribution in [3.63, 3.8) is 0 Å². The van der Waals surface area contributed by atoms with Crippen LogP contribution in [0.1, 0.15) is 29.3 Å². The Morgan fingerprint density at radius 3 is 2.74 bits per heavy atom. The highest BCUT2D eigenvalue weighted by Crippen LogP contribution is 2.46. The molecule has 4 aromatic rings. The predicted molar refractivity (Wildman–Crippen MR) is 130 cm³/mol. The lowest BCUT2D eigenvalue weighted by molar-refractivity contribution is -0.138. The third-order valence-corrected chi connectivity index (χ3v) is 6.48. The van der Waals surface area contributed by atoms with Crippen LogP contribution in [0.5, 0.6) is 0 Å². The van der Waals surface area contributed by atoms with Crippen molar-refractivity contribution in [2.24, 2.45) is 5.92 Å². The maximum atomic E-state index is 11.2. The number of aromatic nitrogens is 6. The molecule has 1 aliphatic rings. The number of nitrogen functional groups attached to an aromatic ring is 1. The van der Waals surface area contributed by atoms with E-state index in [2.05, 4.69) is 53.9 Å². The number of halogens is 1. The Morgan fingerprint density at radius 2 is 1.97 bits per heavy atom. The van der Waals surface area contributed by atoms with E-state index in [4.69, 9.17) is 10.8 Å². The summed E-state index contributed by atoms with van der Waals surface area (Å²) in [4.78, 5) is 24.4. The largest absolute Gasteiger partial charge is 0.481 e. The second-order valence-electron chi connectivity index (χ2n) is 7.91. The third-order valence-electron chi connectivity index (χ3n) is 5.59. The van der Waals surface area contributed by atoms with Crippen molar-refractivity contribution < 1.29 is 9.90 Å². The molecule has 0 amide bonds. The van der Waals surface area contributed by atoms with E-state index in [1.165, 1.54) is 0 Å². The third kappa shape index (κ3) is 4.32. The quantitative estimate of drug-likeness (QED) is 0.336. The van der Waals surface area contributed by atoms with E-state index in [1.54, 1.807) is 16.9 Å². The Labute approximate surface area is 207 Å². The lowest BCUT2D eigenvalue weighted by Gasteiger charge is -2.07. The van der Waals surface area contributed by atoms with Crippen LogP contribution < -0.4 is 5.73 Å². The van der Waals surface area contributed by atoms with Crippen LogP contribution in [0, 0.1) is 20.8 Å². The number of carboxylic acids is 1. The van der Waals surface area contributed by atoms with Crippen LogP contribution in [0.4, 0.5) is 5.95 Å². The number of pyridine rings is 1. The maximum absolute atomic E-state index is 11.2. The van der Waals surface area contributed by atoms with Gasteiger partial charge >= 0.3 is 5.97 Å². The summed E-state index contributed by atoms with van der Waals surface area (Å²) in [6.45, 7) is 0.369. The molecule has 168 valence electrons. The summed E-state index contributed by atoms with van der Waals surface area (Å²) in [6.07, 6.45) is 2.35. The first-order valence-electron chi connectivity index (χ1n) is 10.4. The smallest absolute Gasteiger partial charge is 0.307 e. The Bertz CT molecular complexity index is 1460. The van der Waals surface area contributed by atoms with E-state index in [-0.39, 0.29) is 17.8 Å². The van der Waals surface area contributed by atoms with Gasteiger partial charge in [-0.3, -0.25) is 9.78 Å². The van der Waals surface area contributed by atoms with E-state index in [9.17, 15) is 10.1 Å². The first-order chi connectivity index (χ1) is 16.4. The lowest BCUT2D eigenvalue weighted by Crippen LogP contribution is -2.05. The number of carbonyl (C=O) groups is 1. The molecule has 1 fully saturated rings. The average Bonchev–Trinajstić information content (AvgIpc) is 3.51. The average molecular weight is 564 g/mol. The minimum Gasteiger partial charge on any atom is -0.481 e. The van der Waals surface area contributed by atoms with Crippen molar-refractivity contribution in [1.82, 2.24) is 29.9 Å². The van der Waals surface area contributed by atoms with Crippen LogP contribution >= 0.6 is 22.6 Å². The summed E-state index contributed by atoms with van der Waals surface area (Å²) in [5.74, 6) is -1.11. The Hall–Kier alpha value is -3.92. The molecule has 3 N–H and O–H groups in total. The molecular weight excluding hydrogens is 547 g/mol. The molecule has 0 aliphatic heterocycles. The second-order valence-corrected chi connectivity index (χ2v) is 9.08. The van der Waals surface area contributed by atoms with Gasteiger partial charge in [0, 0.05) is 20.7 Å². The molecule has 3 aromatic heterocycles. The van der Waals surface area contributed by atoms with Crippen molar-refractivity contribution in [2.75, 3.05) is 5.73 Å². The van der Waals surface area contributed by atoms with E-state index in [1.807, 2.05) is 36.4 Å². The van der Waals surface area contributed by atoms with Gasteiger partial charge in [0.25, 0.3) is 0 Å². The number of nitrogens with two attached hydrogens (primary N) is 1. The summed E-state index contributed by atoms with van der Waals surface area (Å²) in [5, 5.41) is 27.1. The summed E-state index contributed by atoms with van der Waals surface area (Å²) >= 11 is 2.11. The number of hydrogen-bond donors (Lipinski definition) is 2. The van der Waals surface area contributed by atoms with Crippen molar-refractivity contribution >= 4 is 34.5 Å². The van der Waals surface area contributed by atoms with Crippen molar-refractivity contribution in [3.8, 4) is 28.7 Å². The van der Waals surface area contributed by atoms with Crippen molar-refractivity contribution in [2.45, 2.75) is 18.9 Å². The number of benzene rings is 1. The van der Waals surface area contributed by atoms with Gasteiger partial charge < -0.3 is 10.8 Å². The Balaban J connectivity index is 1.40. The molecule has 0 saturated heterocycles. The Morgan fingerprint density at radius 1 is 1.18 bits per heavy atom. The number of rotatable bonds is 6. The van der Waals surface area contributed by atoms with Crippen LogP contribution in [-0.2, 0) is 11.3 Å². The zero-order valence-electron chi connectivity index (χ0n) is 17.6. The van der Waals surface area contributed by atoms with Gasteiger partial charge in [-0.25, -0.2) is 14.6 Å². The van der Waals surface area contributed by atoms with Crippen LogP contribution in [0.25, 0.3) is 22.6 Å². The fourth-order valence-corrected chi connectivity index (χ4v) is 4.45. The van der Waals surface area contributed by atoms with Crippen molar-refractivity contribution in [1.29, 1.82) is 5.26 Å². The van der Waals surface area contributed by atoms with Gasteiger partial charge in [-0.1, -0.05) is 23.4 Å². The standard InChI is InChI=1S/C23H17IN8O2/c24-17-5-2-4-13(16(17)9-25)19-8-20(29-23(26)28-19)21-11-32(31-30-21)10-12-3-1-6-18(27-12)14-7-15(14)22(33)34/h1-6,8,11,14-15H,7,10H2,(H,33,34)(H2,26,28,29). The van der Waals surface area contributed by atoms with Gasteiger partial charge in [-0.05, 0) is 53.3 Å². The first kappa shape index (κ1) is 21.9. The van der Waals surface area contributed by atoms with E-state index < -0.39 is 5.97 Å². The molecule has 10 nitrogen and oxygen atoms in total. The van der Waals surface area contributed by atoms with Crippen LogP contribution in [-0.4, -0.2) is 41.0 Å². The molecule has 3 heterocycles. The zero-order chi connectivity index (χ0) is 23.8. The highest BCUT2D eigenvalue weighted by atomic mass is 127. The fraction of sp³-hybridized carbons (Fsp3) is 0.174. The van der Waals surface area contributed by atoms with Gasteiger partial charge in [0.05, 0.1) is 41.3 Å². The van der Waals surface area contributed by atoms with Gasteiger partial charge in [0.2, 0.25) is 5.95 Å². The molecule has 1 aliphatic carbocycles. The molecule has 0 radical (unpaired) electrons. The molecule has 0 bridgehead atoms. The number of aliphatic carboxylic acids is 1. The van der Waals surface area contributed by atoms with Gasteiger partial charge in [-0.15, -0.1) is 5.10 Å². The summed E-state index contributed by atoms with van der Waals surface area (Å²) in [5.41, 5.74) is 10.2. The van der Waals surface area contributed by atoms with Crippen molar-refractivity contribution in [3.05, 3.63) is 69.2 Å². The number of carboxylic acid groups (broad SMARTS) is 1. The topological polar surface area (TPSA) is 156 Å². The summed E-state index contributed by atoms with van der Waals surface area (Å²) in [7, 11) is 0. The minimum absolute atomic E-state index is 0.0366. The highest BCUT2D eigenvalue weighted by molar-refractivity contribution is 14.1. The first-order valence-corrected chi connectivity index (χ1v) is 11.4.